The minimum atomic E-state index is -0.342. The molecule has 2 aromatic heterocycles. The summed E-state index contributed by atoms with van der Waals surface area (Å²) in [6.07, 6.45) is 3.42. The second kappa shape index (κ2) is 9.32. The Morgan fingerprint density at radius 1 is 1.15 bits per heavy atom. The van der Waals surface area contributed by atoms with E-state index in [0.29, 0.717) is 28.4 Å². The van der Waals surface area contributed by atoms with E-state index in [1.54, 1.807) is 4.57 Å². The summed E-state index contributed by atoms with van der Waals surface area (Å²) in [6.45, 7) is 6.70. The molecular formula is C18H28N4O3S. The highest BCUT2D eigenvalue weighted by Gasteiger charge is 2.19. The fourth-order valence-corrected chi connectivity index (χ4v) is 3.72. The minimum Gasteiger partial charge on any atom is -0.396 e. The molecule has 0 amide bonds. The Hall–Kier alpha value is -1.67. The number of hydrogen-bond donors (Lipinski definition) is 1. The van der Waals surface area contributed by atoms with Gasteiger partial charge in [-0.3, -0.25) is 13.9 Å². The van der Waals surface area contributed by atoms with E-state index in [1.165, 1.54) is 18.8 Å². The molecule has 0 fully saturated rings. The molecule has 7 nitrogen and oxygen atoms in total. The smallest absolute Gasteiger partial charge is 0.332 e. The van der Waals surface area contributed by atoms with Crippen molar-refractivity contribution in [1.82, 2.24) is 19.1 Å². The largest absolute Gasteiger partial charge is 0.396 e. The Balaban J connectivity index is 2.61. The van der Waals surface area contributed by atoms with Crippen LogP contribution in [0.15, 0.2) is 14.6 Å². The first-order valence-corrected chi connectivity index (χ1v) is 10.2. The first-order valence-electron chi connectivity index (χ1n) is 9.17. The summed E-state index contributed by atoms with van der Waals surface area (Å²) in [5.74, 6) is 1.55. The maximum atomic E-state index is 12.8. The van der Waals surface area contributed by atoms with E-state index in [1.807, 2.05) is 20.8 Å². The highest BCUT2D eigenvalue weighted by molar-refractivity contribution is 7.99. The monoisotopic (exact) mass is 380 g/mol. The van der Waals surface area contributed by atoms with Crippen molar-refractivity contribution in [3.05, 3.63) is 26.7 Å². The number of thioether (sulfide) groups is 1. The van der Waals surface area contributed by atoms with Crippen molar-refractivity contribution in [2.24, 2.45) is 7.05 Å². The lowest BCUT2D eigenvalue weighted by atomic mass is 10.2. The molecule has 0 saturated heterocycles. The summed E-state index contributed by atoms with van der Waals surface area (Å²) in [5.41, 5.74) is -0.237. The maximum absolute atomic E-state index is 12.8. The predicted octanol–water partition coefficient (Wildman–Crippen LogP) is 2.28. The molecule has 0 aromatic carbocycles. The lowest BCUT2D eigenvalue weighted by Gasteiger charge is -2.15. The summed E-state index contributed by atoms with van der Waals surface area (Å²) in [5, 5.41) is 9.97. The molecule has 0 aliphatic carbocycles. The van der Waals surface area contributed by atoms with Gasteiger partial charge in [0.25, 0.3) is 5.56 Å². The van der Waals surface area contributed by atoms with Gasteiger partial charge < -0.3 is 5.11 Å². The van der Waals surface area contributed by atoms with Gasteiger partial charge >= 0.3 is 5.69 Å². The van der Waals surface area contributed by atoms with Crippen LogP contribution in [0.4, 0.5) is 0 Å². The van der Waals surface area contributed by atoms with Crippen LogP contribution in [0.25, 0.3) is 11.0 Å². The fraction of sp³-hybridized carbons (Fsp3) is 0.667. The van der Waals surface area contributed by atoms with Gasteiger partial charge in [-0.1, -0.05) is 27.2 Å². The molecule has 1 N–H and O–H groups in total. The van der Waals surface area contributed by atoms with Crippen molar-refractivity contribution in [1.29, 1.82) is 0 Å². The molecule has 0 atom stereocenters. The van der Waals surface area contributed by atoms with E-state index >= 15 is 0 Å². The highest BCUT2D eigenvalue weighted by Crippen LogP contribution is 2.25. The van der Waals surface area contributed by atoms with Crippen LogP contribution >= 0.6 is 11.8 Å². The Labute approximate surface area is 157 Å². The van der Waals surface area contributed by atoms with Crippen LogP contribution in [0, 0.1) is 0 Å². The number of nitrogens with zero attached hydrogens (tertiary/aromatic N) is 4. The Bertz CT molecular complexity index is 873. The van der Waals surface area contributed by atoms with E-state index in [9.17, 15) is 9.59 Å². The molecule has 8 heteroatoms. The van der Waals surface area contributed by atoms with Crippen molar-refractivity contribution in [2.45, 2.75) is 63.9 Å². The molecule has 26 heavy (non-hydrogen) atoms. The van der Waals surface area contributed by atoms with Crippen molar-refractivity contribution >= 4 is 22.8 Å². The van der Waals surface area contributed by atoms with Crippen molar-refractivity contribution in [3.8, 4) is 0 Å². The number of hydrogen-bond acceptors (Lipinski definition) is 6. The molecular weight excluding hydrogens is 352 g/mol. The molecule has 0 unspecified atom stereocenters. The van der Waals surface area contributed by atoms with Gasteiger partial charge in [0.1, 0.15) is 16.2 Å². The predicted molar refractivity (Wildman–Crippen MR) is 105 cm³/mol. The van der Waals surface area contributed by atoms with Gasteiger partial charge in [0.15, 0.2) is 5.65 Å². The average Bonchev–Trinajstić information content (AvgIpc) is 2.62. The highest BCUT2D eigenvalue weighted by atomic mass is 32.2. The first-order chi connectivity index (χ1) is 12.4. The second-order valence-corrected chi connectivity index (χ2v) is 7.75. The van der Waals surface area contributed by atoms with Gasteiger partial charge in [-0.05, 0) is 25.0 Å². The van der Waals surface area contributed by atoms with E-state index in [0.717, 1.165) is 36.0 Å². The van der Waals surface area contributed by atoms with E-state index in [2.05, 4.69) is 9.97 Å². The van der Waals surface area contributed by atoms with Crippen LogP contribution in [0.3, 0.4) is 0 Å². The standard InChI is InChI=1S/C18H28N4O3S/c1-5-9-22-15-13(17(24)21(4)18(22)25)16(20-14(19-15)12(2)3)26-11-8-6-7-10-23/h12,23H,5-11H2,1-4H3. The zero-order chi connectivity index (χ0) is 19.3. The average molecular weight is 381 g/mol. The number of rotatable bonds is 9. The molecule has 2 aromatic rings. The van der Waals surface area contributed by atoms with Crippen LogP contribution in [-0.4, -0.2) is 36.6 Å². The van der Waals surface area contributed by atoms with E-state index < -0.39 is 0 Å². The van der Waals surface area contributed by atoms with Crippen LogP contribution in [0.2, 0.25) is 0 Å². The van der Waals surface area contributed by atoms with Gasteiger partial charge in [-0.15, -0.1) is 11.8 Å². The van der Waals surface area contributed by atoms with Crippen molar-refractivity contribution in [3.63, 3.8) is 0 Å². The van der Waals surface area contributed by atoms with Crippen molar-refractivity contribution in [2.75, 3.05) is 12.4 Å². The Kier molecular flexibility index (Phi) is 7.40. The lowest BCUT2D eigenvalue weighted by Crippen LogP contribution is -2.39. The molecule has 0 spiro atoms. The fourth-order valence-electron chi connectivity index (χ4n) is 2.70. The minimum absolute atomic E-state index is 0.0994. The quantitative estimate of drug-likeness (QED) is 0.408. The number of aromatic nitrogens is 4. The topological polar surface area (TPSA) is 90.0 Å². The number of aryl methyl sites for hydroxylation is 1. The zero-order valence-electron chi connectivity index (χ0n) is 16.0. The third kappa shape index (κ3) is 4.35. The van der Waals surface area contributed by atoms with Gasteiger partial charge in [0.05, 0.1) is 0 Å². The summed E-state index contributed by atoms with van der Waals surface area (Å²) >= 11 is 1.53. The van der Waals surface area contributed by atoms with Gasteiger partial charge in [-0.2, -0.15) is 0 Å². The van der Waals surface area contributed by atoms with Crippen molar-refractivity contribution < 1.29 is 5.11 Å². The van der Waals surface area contributed by atoms with Gasteiger partial charge in [-0.25, -0.2) is 14.8 Å². The summed E-state index contributed by atoms with van der Waals surface area (Å²) in [4.78, 5) is 34.5. The molecule has 0 saturated carbocycles. The summed E-state index contributed by atoms with van der Waals surface area (Å²) in [6, 6.07) is 0. The Morgan fingerprint density at radius 3 is 2.50 bits per heavy atom. The number of unbranched alkanes of at least 4 members (excludes halogenated alkanes) is 2. The normalized spacial score (nSPS) is 11.6. The van der Waals surface area contributed by atoms with Gasteiger partial charge in [0, 0.05) is 26.1 Å². The third-order valence-corrected chi connectivity index (χ3v) is 5.23. The Morgan fingerprint density at radius 2 is 1.88 bits per heavy atom. The zero-order valence-corrected chi connectivity index (χ0v) is 16.8. The molecule has 0 aliphatic rings. The number of aliphatic hydroxyl groups excluding tert-OH is 1. The first kappa shape index (κ1) is 20.6. The number of aliphatic hydroxyl groups is 1. The lowest BCUT2D eigenvalue weighted by molar-refractivity contribution is 0.284. The molecule has 0 aliphatic heterocycles. The van der Waals surface area contributed by atoms with Crippen LogP contribution < -0.4 is 11.2 Å². The molecule has 2 heterocycles. The third-order valence-electron chi connectivity index (χ3n) is 4.17. The second-order valence-electron chi connectivity index (χ2n) is 6.67. The molecule has 2 rings (SSSR count). The number of fused-ring (bicyclic) bond motifs is 1. The summed E-state index contributed by atoms with van der Waals surface area (Å²) in [7, 11) is 1.50. The summed E-state index contributed by atoms with van der Waals surface area (Å²) < 4.78 is 2.73. The van der Waals surface area contributed by atoms with Gasteiger partial charge in [0.2, 0.25) is 0 Å². The van der Waals surface area contributed by atoms with E-state index in [4.69, 9.17) is 5.11 Å². The molecule has 144 valence electrons. The van der Waals surface area contributed by atoms with E-state index in [-0.39, 0.29) is 23.8 Å². The van der Waals surface area contributed by atoms with Crippen LogP contribution in [-0.2, 0) is 13.6 Å². The molecule has 0 bridgehead atoms. The SMILES string of the molecule is CCCn1c(=O)n(C)c(=O)c2c(SCCCCCO)nc(C(C)C)nc21. The van der Waals surface area contributed by atoms with Crippen LogP contribution in [0.5, 0.6) is 0 Å². The molecule has 0 radical (unpaired) electrons. The van der Waals surface area contributed by atoms with Crippen LogP contribution in [0.1, 0.15) is 58.2 Å². The maximum Gasteiger partial charge on any atom is 0.332 e.